The Morgan fingerprint density at radius 1 is 0.750 bits per heavy atom. The molecule has 0 atom stereocenters. The number of hydrogen-bond donors (Lipinski definition) is 0. The first-order chi connectivity index (χ1) is 14.6. The number of esters is 2. The van der Waals surface area contributed by atoms with Crippen LogP contribution in [0.15, 0.2) is 24.3 Å². The average molecular weight is 507 g/mol. The molecule has 8 nitrogen and oxygen atoms in total. The van der Waals surface area contributed by atoms with Gasteiger partial charge in [-0.1, -0.05) is 13.2 Å². The van der Waals surface area contributed by atoms with E-state index in [-0.39, 0.29) is 12.5 Å². The van der Waals surface area contributed by atoms with Crippen molar-refractivity contribution in [1.82, 2.24) is 0 Å². The predicted molar refractivity (Wildman–Crippen MR) is 132 cm³/mol. The molecule has 0 radical (unpaired) electrons. The van der Waals surface area contributed by atoms with Crippen LogP contribution in [0.25, 0.3) is 0 Å². The highest BCUT2D eigenvalue weighted by atomic mass is 28.5. The summed E-state index contributed by atoms with van der Waals surface area (Å²) in [5, 5.41) is 0. The Bertz CT molecular complexity index is 605. The van der Waals surface area contributed by atoms with E-state index in [1.807, 2.05) is 32.7 Å². The second-order valence-electron chi connectivity index (χ2n) is 9.28. The maximum atomic E-state index is 11.8. The van der Waals surface area contributed by atoms with Gasteiger partial charge in [-0.25, -0.2) is 9.59 Å². The minimum Gasteiger partial charge on any atom is -0.463 e. The van der Waals surface area contributed by atoms with E-state index in [0.29, 0.717) is 37.0 Å². The SMILES string of the molecule is C=C(C)C(=O)OC[Si](C)(C)O[Si](C)(CCCOCCOC)O[Si](C)(C)COC(=O)C(=C)C. The second-order valence-corrected chi connectivity index (χ2v) is 21.3. The van der Waals surface area contributed by atoms with Gasteiger partial charge in [0.1, 0.15) is 12.5 Å². The minimum absolute atomic E-state index is 0.210. The van der Waals surface area contributed by atoms with Gasteiger partial charge in [0.25, 0.3) is 0 Å². The molecule has 0 aliphatic heterocycles. The van der Waals surface area contributed by atoms with E-state index in [0.717, 1.165) is 6.42 Å². The Kier molecular flexibility index (Phi) is 13.7. The molecule has 0 aromatic carbocycles. The lowest BCUT2D eigenvalue weighted by Crippen LogP contribution is -2.57. The molecule has 186 valence electrons. The van der Waals surface area contributed by atoms with Gasteiger partial charge in [-0.3, -0.25) is 0 Å². The molecular weight excluding hydrogens is 464 g/mol. The van der Waals surface area contributed by atoms with Crippen LogP contribution in [-0.4, -0.2) is 76.5 Å². The van der Waals surface area contributed by atoms with Crippen LogP contribution < -0.4 is 0 Å². The fraction of sp³-hybridized carbons (Fsp3) is 0.714. The Labute approximate surface area is 196 Å². The van der Waals surface area contributed by atoms with Gasteiger partial charge in [0, 0.05) is 24.9 Å². The zero-order valence-corrected chi connectivity index (χ0v) is 24.1. The minimum atomic E-state index is -2.70. The molecule has 0 amide bonds. The first-order valence-corrected chi connectivity index (χ1v) is 19.5. The third kappa shape index (κ3) is 14.1. The Morgan fingerprint density at radius 3 is 1.56 bits per heavy atom. The number of carbonyl (C=O) groups excluding carboxylic acids is 2. The second kappa shape index (κ2) is 14.2. The lowest BCUT2D eigenvalue weighted by Gasteiger charge is -2.40. The van der Waals surface area contributed by atoms with Gasteiger partial charge in [0.15, 0.2) is 0 Å². The number of ether oxygens (including phenoxy) is 4. The van der Waals surface area contributed by atoms with Crippen molar-refractivity contribution in [1.29, 1.82) is 0 Å². The molecule has 0 rings (SSSR count). The van der Waals surface area contributed by atoms with E-state index in [2.05, 4.69) is 13.2 Å². The molecule has 32 heavy (non-hydrogen) atoms. The highest BCUT2D eigenvalue weighted by Crippen LogP contribution is 2.26. The first kappa shape index (κ1) is 30.9. The largest absolute Gasteiger partial charge is 0.463 e. The van der Waals surface area contributed by atoms with Gasteiger partial charge in [0.05, 0.1) is 13.2 Å². The maximum absolute atomic E-state index is 11.8. The molecule has 0 saturated heterocycles. The molecule has 0 aliphatic rings. The quantitative estimate of drug-likeness (QED) is 0.127. The molecular formula is C21H42O8Si3. The van der Waals surface area contributed by atoms with E-state index in [1.54, 1.807) is 21.0 Å². The molecule has 0 spiro atoms. The van der Waals surface area contributed by atoms with Crippen LogP contribution in [0.2, 0.25) is 38.8 Å². The van der Waals surface area contributed by atoms with E-state index in [9.17, 15) is 9.59 Å². The lowest BCUT2D eigenvalue weighted by atomic mass is 10.4. The summed E-state index contributed by atoms with van der Waals surface area (Å²) in [6, 6.07) is 0.704. The van der Waals surface area contributed by atoms with Gasteiger partial charge in [-0.15, -0.1) is 0 Å². The number of rotatable bonds is 17. The highest BCUT2D eigenvalue weighted by Gasteiger charge is 2.44. The molecule has 0 saturated carbocycles. The van der Waals surface area contributed by atoms with Crippen LogP contribution in [0.3, 0.4) is 0 Å². The Hall–Kier alpha value is -1.09. The zero-order chi connectivity index (χ0) is 25.0. The van der Waals surface area contributed by atoms with E-state index in [4.69, 9.17) is 27.2 Å². The van der Waals surface area contributed by atoms with Gasteiger partial charge in [-0.05, 0) is 59.0 Å². The van der Waals surface area contributed by atoms with Crippen molar-refractivity contribution in [2.45, 2.75) is 59.0 Å². The lowest BCUT2D eigenvalue weighted by molar-refractivity contribution is -0.138. The molecule has 0 aromatic heterocycles. The van der Waals surface area contributed by atoms with Crippen LogP contribution >= 0.6 is 0 Å². The van der Waals surface area contributed by atoms with Gasteiger partial charge >= 0.3 is 20.5 Å². The third-order valence-corrected chi connectivity index (χ3v) is 15.0. The molecule has 0 heterocycles. The highest BCUT2D eigenvalue weighted by molar-refractivity contribution is 6.88. The Balaban J connectivity index is 5.22. The van der Waals surface area contributed by atoms with Gasteiger partial charge in [-0.2, -0.15) is 0 Å². The van der Waals surface area contributed by atoms with E-state index >= 15 is 0 Å². The molecule has 0 fully saturated rings. The number of carbonyl (C=O) groups is 2. The normalized spacial score (nSPS) is 12.4. The monoisotopic (exact) mass is 506 g/mol. The molecule has 0 aliphatic carbocycles. The van der Waals surface area contributed by atoms with Crippen LogP contribution in [0, 0.1) is 0 Å². The summed E-state index contributed by atoms with van der Waals surface area (Å²) in [7, 11) is -5.87. The standard InChI is InChI=1S/C21H42O8Si3/c1-18(2)20(22)26-16-30(6,7)28-32(10,15-11-12-25-14-13-24-5)29-31(8,9)17-27-21(23)19(3)4/h1,3,11-17H2,2,4-10H3. The number of methoxy groups -OCH3 is 1. The van der Waals surface area contributed by atoms with Crippen molar-refractivity contribution in [3.8, 4) is 0 Å². The van der Waals surface area contributed by atoms with Crippen molar-refractivity contribution < 1.29 is 36.8 Å². The van der Waals surface area contributed by atoms with Crippen molar-refractivity contribution in [3.05, 3.63) is 24.3 Å². The maximum Gasteiger partial charge on any atom is 0.332 e. The summed E-state index contributed by atoms with van der Waals surface area (Å²) in [4.78, 5) is 23.7. The van der Waals surface area contributed by atoms with Gasteiger partial charge < -0.3 is 27.2 Å². The van der Waals surface area contributed by atoms with Crippen LogP contribution in [0.5, 0.6) is 0 Å². The van der Waals surface area contributed by atoms with Crippen molar-refractivity contribution in [2.24, 2.45) is 0 Å². The molecule has 11 heteroatoms. The molecule has 0 bridgehead atoms. The summed E-state index contributed by atoms with van der Waals surface area (Å²) < 4.78 is 34.6. The van der Waals surface area contributed by atoms with Crippen LogP contribution in [-0.2, 0) is 36.8 Å². The molecule has 0 unspecified atom stereocenters. The average Bonchev–Trinajstić information content (AvgIpc) is 2.65. The summed E-state index contributed by atoms with van der Waals surface area (Å²) in [5.41, 5.74) is 0.708. The van der Waals surface area contributed by atoms with Gasteiger partial charge in [0.2, 0.25) is 16.6 Å². The third-order valence-electron chi connectivity index (χ3n) is 4.13. The van der Waals surface area contributed by atoms with Crippen molar-refractivity contribution in [3.63, 3.8) is 0 Å². The summed E-state index contributed by atoms with van der Waals surface area (Å²) in [6.45, 7) is 22.1. The molecule has 0 aromatic rings. The van der Waals surface area contributed by atoms with E-state index < -0.39 is 37.1 Å². The van der Waals surface area contributed by atoms with Crippen LogP contribution in [0.4, 0.5) is 0 Å². The van der Waals surface area contributed by atoms with Crippen molar-refractivity contribution >= 4 is 37.1 Å². The van der Waals surface area contributed by atoms with E-state index in [1.165, 1.54) is 0 Å². The number of hydrogen-bond acceptors (Lipinski definition) is 8. The summed E-state index contributed by atoms with van der Waals surface area (Å²) in [5.74, 6) is -0.849. The topological polar surface area (TPSA) is 89.5 Å². The smallest absolute Gasteiger partial charge is 0.332 e. The van der Waals surface area contributed by atoms with Crippen LogP contribution in [0.1, 0.15) is 20.3 Å². The summed E-state index contributed by atoms with van der Waals surface area (Å²) >= 11 is 0. The summed E-state index contributed by atoms with van der Waals surface area (Å²) in [6.07, 6.45) is 1.18. The zero-order valence-electron chi connectivity index (χ0n) is 21.1. The molecule has 0 N–H and O–H groups in total. The predicted octanol–water partition coefficient (Wildman–Crippen LogP) is 3.87. The fourth-order valence-corrected chi connectivity index (χ4v) is 15.7. The fourth-order valence-electron chi connectivity index (χ4n) is 2.82. The first-order valence-electron chi connectivity index (χ1n) is 10.8. The van der Waals surface area contributed by atoms with Crippen molar-refractivity contribution in [2.75, 3.05) is 39.4 Å². The Morgan fingerprint density at radius 2 is 1.19 bits per heavy atom.